The maximum absolute atomic E-state index is 12.8. The van der Waals surface area contributed by atoms with Gasteiger partial charge in [0.05, 0.1) is 6.61 Å². The second-order valence-corrected chi connectivity index (χ2v) is 9.79. The summed E-state index contributed by atoms with van der Waals surface area (Å²) in [5.74, 6) is 0. The zero-order valence-electron chi connectivity index (χ0n) is 15.7. The lowest BCUT2D eigenvalue weighted by atomic mass is 9.95. The Hall–Kier alpha value is -0.990. The number of halogens is 3. The minimum absolute atomic E-state index is 0.0229. The SMILES string of the molecule is C[C@@](N)(CCCc1ccc(Sc2cccc(C(F)F)c2)cc1Cl)COP(=O)(O)O. The van der Waals surface area contributed by atoms with E-state index in [9.17, 15) is 13.3 Å². The molecule has 0 aliphatic carbocycles. The third-order valence-corrected chi connectivity index (χ3v) is 5.92. The molecule has 4 N–H and O–H groups in total. The molecule has 1 atom stereocenters. The zero-order chi connectivity index (χ0) is 21.7. The molecular formula is C19H23ClF2NO4PS. The molecule has 0 spiro atoms. The monoisotopic (exact) mass is 465 g/mol. The Morgan fingerprint density at radius 3 is 2.55 bits per heavy atom. The smallest absolute Gasteiger partial charge is 0.323 e. The summed E-state index contributed by atoms with van der Waals surface area (Å²) in [6.45, 7) is 1.41. The highest BCUT2D eigenvalue weighted by Gasteiger charge is 2.24. The number of phosphoric ester groups is 1. The summed E-state index contributed by atoms with van der Waals surface area (Å²) in [7, 11) is -4.55. The van der Waals surface area contributed by atoms with E-state index in [4.69, 9.17) is 27.1 Å². The summed E-state index contributed by atoms with van der Waals surface area (Å²) >= 11 is 7.71. The molecule has 29 heavy (non-hydrogen) atoms. The van der Waals surface area contributed by atoms with E-state index in [1.54, 1.807) is 25.1 Å². The van der Waals surface area contributed by atoms with E-state index in [1.165, 1.54) is 23.9 Å². The van der Waals surface area contributed by atoms with Gasteiger partial charge in [-0.3, -0.25) is 4.52 Å². The van der Waals surface area contributed by atoms with E-state index in [-0.39, 0.29) is 12.2 Å². The van der Waals surface area contributed by atoms with E-state index in [2.05, 4.69) is 4.52 Å². The third kappa shape index (κ3) is 8.72. The predicted octanol–water partition coefficient (Wildman–Crippen LogP) is 5.58. The summed E-state index contributed by atoms with van der Waals surface area (Å²) < 4.78 is 40.9. The maximum atomic E-state index is 12.8. The number of benzene rings is 2. The van der Waals surface area contributed by atoms with Crippen molar-refractivity contribution in [1.82, 2.24) is 0 Å². The van der Waals surface area contributed by atoms with Gasteiger partial charge in [-0.1, -0.05) is 41.6 Å². The minimum atomic E-state index is -4.55. The van der Waals surface area contributed by atoms with Crippen molar-refractivity contribution < 1.29 is 27.7 Å². The molecule has 0 bridgehead atoms. The Labute approximate surface area is 177 Å². The lowest BCUT2D eigenvalue weighted by molar-refractivity contribution is 0.151. The number of rotatable bonds is 10. The Morgan fingerprint density at radius 2 is 1.93 bits per heavy atom. The van der Waals surface area contributed by atoms with Crippen molar-refractivity contribution in [2.45, 2.75) is 47.9 Å². The molecule has 0 aliphatic heterocycles. The molecule has 0 amide bonds. The lowest BCUT2D eigenvalue weighted by Crippen LogP contribution is -2.40. The Bertz CT molecular complexity index is 879. The van der Waals surface area contributed by atoms with Gasteiger partial charge in [0.25, 0.3) is 6.43 Å². The van der Waals surface area contributed by atoms with Crippen LogP contribution in [0.2, 0.25) is 5.02 Å². The summed E-state index contributed by atoms with van der Waals surface area (Å²) in [6, 6.07) is 11.7. The van der Waals surface area contributed by atoms with Crippen LogP contribution in [0.3, 0.4) is 0 Å². The second-order valence-electron chi connectivity index (χ2n) is 7.00. The first-order valence-electron chi connectivity index (χ1n) is 8.78. The van der Waals surface area contributed by atoms with Crippen LogP contribution in [0.25, 0.3) is 0 Å². The second kappa shape index (κ2) is 10.4. The van der Waals surface area contributed by atoms with Gasteiger partial charge in [-0.2, -0.15) is 0 Å². The van der Waals surface area contributed by atoms with Crippen LogP contribution in [0, 0.1) is 0 Å². The number of alkyl halides is 2. The molecule has 0 radical (unpaired) electrons. The molecule has 0 heterocycles. The normalized spacial score (nSPS) is 14.2. The molecule has 0 aromatic heterocycles. The number of hydrogen-bond donors (Lipinski definition) is 3. The van der Waals surface area contributed by atoms with Crippen molar-refractivity contribution in [1.29, 1.82) is 0 Å². The van der Waals surface area contributed by atoms with Crippen molar-refractivity contribution in [3.05, 3.63) is 58.6 Å². The van der Waals surface area contributed by atoms with Gasteiger partial charge in [0.1, 0.15) is 0 Å². The van der Waals surface area contributed by atoms with Crippen LogP contribution < -0.4 is 5.73 Å². The molecule has 2 aromatic rings. The van der Waals surface area contributed by atoms with E-state index < -0.39 is 19.8 Å². The van der Waals surface area contributed by atoms with Crippen molar-refractivity contribution in [2.75, 3.05) is 6.61 Å². The molecule has 0 aliphatic rings. The summed E-state index contributed by atoms with van der Waals surface area (Å²) in [5.41, 5.74) is 6.02. The standard InChI is InChI=1S/C19H23ClF2NO4PS/c1-19(23,12-27-28(24,25)26)9-3-5-13-7-8-16(11-17(13)20)29-15-6-2-4-14(10-15)18(21)22/h2,4,6-8,10-11,18H,3,5,9,12,23H2,1H3,(H2,24,25,26)/t19-/m1/s1. The van der Waals surface area contributed by atoms with Crippen molar-refractivity contribution >= 4 is 31.2 Å². The first-order valence-corrected chi connectivity index (χ1v) is 11.5. The van der Waals surface area contributed by atoms with Gasteiger partial charge in [0.15, 0.2) is 0 Å². The Balaban J connectivity index is 1.92. The molecule has 0 saturated heterocycles. The number of nitrogens with two attached hydrogens (primary N) is 1. The average molecular weight is 466 g/mol. The number of hydrogen-bond acceptors (Lipinski definition) is 4. The minimum Gasteiger partial charge on any atom is -0.323 e. The fraction of sp³-hybridized carbons (Fsp3) is 0.368. The van der Waals surface area contributed by atoms with Crippen LogP contribution in [-0.4, -0.2) is 21.9 Å². The van der Waals surface area contributed by atoms with Crippen molar-refractivity contribution in [2.24, 2.45) is 5.73 Å². The van der Waals surface area contributed by atoms with E-state index >= 15 is 0 Å². The fourth-order valence-corrected chi connectivity index (χ4v) is 4.36. The van der Waals surface area contributed by atoms with Crippen LogP contribution in [0.1, 0.15) is 37.3 Å². The lowest BCUT2D eigenvalue weighted by Gasteiger charge is -2.24. The maximum Gasteiger partial charge on any atom is 0.469 e. The van der Waals surface area contributed by atoms with Gasteiger partial charge in [0.2, 0.25) is 0 Å². The average Bonchev–Trinajstić information content (AvgIpc) is 2.62. The van der Waals surface area contributed by atoms with Gasteiger partial charge >= 0.3 is 7.82 Å². The molecular weight excluding hydrogens is 443 g/mol. The van der Waals surface area contributed by atoms with Crippen LogP contribution in [-0.2, 0) is 15.5 Å². The third-order valence-electron chi connectivity index (χ3n) is 4.13. The number of phosphoric acid groups is 1. The molecule has 5 nitrogen and oxygen atoms in total. The molecule has 0 saturated carbocycles. The molecule has 2 rings (SSSR count). The Morgan fingerprint density at radius 1 is 1.24 bits per heavy atom. The van der Waals surface area contributed by atoms with Gasteiger partial charge < -0.3 is 15.5 Å². The molecule has 0 unspecified atom stereocenters. The van der Waals surface area contributed by atoms with Gasteiger partial charge in [-0.15, -0.1) is 0 Å². The quantitative estimate of drug-likeness (QED) is 0.397. The topological polar surface area (TPSA) is 92.8 Å². The first kappa shape index (κ1) is 24.3. The van der Waals surface area contributed by atoms with Crippen LogP contribution in [0.15, 0.2) is 52.3 Å². The van der Waals surface area contributed by atoms with E-state index in [0.717, 1.165) is 10.5 Å². The summed E-state index contributed by atoms with van der Waals surface area (Å²) in [6.07, 6.45) is -0.741. The summed E-state index contributed by atoms with van der Waals surface area (Å²) in [4.78, 5) is 19.1. The zero-order valence-corrected chi connectivity index (χ0v) is 18.2. The van der Waals surface area contributed by atoms with E-state index in [0.29, 0.717) is 29.2 Å². The van der Waals surface area contributed by atoms with Gasteiger partial charge in [0, 0.05) is 25.9 Å². The highest BCUT2D eigenvalue weighted by molar-refractivity contribution is 7.99. The largest absolute Gasteiger partial charge is 0.469 e. The van der Waals surface area contributed by atoms with Crippen LogP contribution in [0.5, 0.6) is 0 Å². The van der Waals surface area contributed by atoms with Crippen molar-refractivity contribution in [3.63, 3.8) is 0 Å². The number of aryl methyl sites for hydroxylation is 1. The molecule has 10 heteroatoms. The first-order chi connectivity index (χ1) is 13.5. The van der Waals surface area contributed by atoms with Gasteiger partial charge in [-0.25, -0.2) is 13.3 Å². The fourth-order valence-electron chi connectivity index (χ4n) is 2.63. The summed E-state index contributed by atoms with van der Waals surface area (Å²) in [5, 5.41) is 0.560. The Kier molecular flexibility index (Phi) is 8.67. The predicted molar refractivity (Wildman–Crippen MR) is 111 cm³/mol. The van der Waals surface area contributed by atoms with Crippen LogP contribution in [0.4, 0.5) is 8.78 Å². The van der Waals surface area contributed by atoms with Crippen molar-refractivity contribution in [3.8, 4) is 0 Å². The molecule has 0 fully saturated rings. The highest BCUT2D eigenvalue weighted by atomic mass is 35.5. The van der Waals surface area contributed by atoms with E-state index in [1.807, 2.05) is 12.1 Å². The molecule has 2 aromatic carbocycles. The highest BCUT2D eigenvalue weighted by Crippen LogP contribution is 2.37. The molecule has 160 valence electrons. The van der Waals surface area contributed by atoms with Gasteiger partial charge in [-0.05, 0) is 56.0 Å². The van der Waals surface area contributed by atoms with Crippen LogP contribution >= 0.6 is 31.2 Å².